The number of rotatable bonds is 1. The van der Waals surface area contributed by atoms with E-state index in [1.165, 1.54) is 6.20 Å². The molecule has 7 heteroatoms. The van der Waals surface area contributed by atoms with Crippen LogP contribution in [-0.4, -0.2) is 21.2 Å². The average molecular weight is 297 g/mol. The lowest BCUT2D eigenvalue weighted by atomic mass is 10.6. The molecule has 0 unspecified atom stereocenters. The lowest BCUT2D eigenvalue weighted by Crippen LogP contribution is -2.09. The van der Waals surface area contributed by atoms with Gasteiger partial charge in [-0.2, -0.15) is 0 Å². The first-order valence-electron chi connectivity index (χ1n) is 2.77. The van der Waals surface area contributed by atoms with Crippen LogP contribution in [0.2, 0.25) is 0 Å². The highest BCUT2D eigenvalue weighted by Gasteiger charge is 2.05. The summed E-state index contributed by atoms with van der Waals surface area (Å²) in [4.78, 5) is 17.8. The zero-order chi connectivity index (χ0) is 9.14. The Morgan fingerprint density at radius 1 is 1.58 bits per heavy atom. The van der Waals surface area contributed by atoms with E-state index in [-0.39, 0.29) is 5.82 Å². The van der Waals surface area contributed by atoms with Crippen molar-refractivity contribution in [3.63, 3.8) is 0 Å². The van der Waals surface area contributed by atoms with Crippen LogP contribution in [0.3, 0.4) is 0 Å². The van der Waals surface area contributed by atoms with Crippen LogP contribution in [0.1, 0.15) is 0 Å². The van der Waals surface area contributed by atoms with Crippen LogP contribution in [0.25, 0.3) is 0 Å². The Bertz CT molecular complexity index is 318. The summed E-state index contributed by atoms with van der Waals surface area (Å²) in [6.07, 6.45) is 0.225. The van der Waals surface area contributed by atoms with Crippen LogP contribution in [0.5, 0.6) is 0 Å². The Labute approximate surface area is 84.5 Å². The fourth-order valence-electron chi connectivity index (χ4n) is 0.532. The summed E-state index contributed by atoms with van der Waals surface area (Å²) < 4.78 is 0.879. The van der Waals surface area contributed by atoms with Gasteiger partial charge in [0.15, 0.2) is 5.82 Å². The average Bonchev–Trinajstić information content (AvgIpc) is 1.94. The van der Waals surface area contributed by atoms with Gasteiger partial charge in [0.1, 0.15) is 9.21 Å². The van der Waals surface area contributed by atoms with E-state index in [0.717, 1.165) is 0 Å². The van der Waals surface area contributed by atoms with Crippen molar-refractivity contribution in [2.45, 2.75) is 0 Å². The van der Waals surface area contributed by atoms with Crippen molar-refractivity contribution in [3.05, 3.63) is 15.4 Å². The maximum absolute atomic E-state index is 10.2. The van der Waals surface area contributed by atoms with Gasteiger partial charge in [0.05, 0.1) is 6.20 Å². The topological polar surface area (TPSA) is 75.1 Å². The standard InChI is InChI=1S/C5H3Br2N3O2/c6-2-1-8-4(3(7)9-2)10-5(11)12/h1H,(H,8,10)(H,11,12). The number of amides is 1. The van der Waals surface area contributed by atoms with Crippen LogP contribution < -0.4 is 5.32 Å². The largest absolute Gasteiger partial charge is 0.465 e. The van der Waals surface area contributed by atoms with Gasteiger partial charge in [-0.15, -0.1) is 0 Å². The van der Waals surface area contributed by atoms with Crippen LogP contribution >= 0.6 is 31.9 Å². The smallest absolute Gasteiger partial charge is 0.410 e. The third kappa shape index (κ3) is 2.42. The molecular weight excluding hydrogens is 294 g/mol. The Kier molecular flexibility index (Phi) is 2.99. The Morgan fingerprint density at radius 2 is 2.25 bits per heavy atom. The van der Waals surface area contributed by atoms with Gasteiger partial charge in [-0.25, -0.2) is 14.8 Å². The number of aromatic nitrogens is 2. The lowest BCUT2D eigenvalue weighted by Gasteiger charge is -2.00. The molecule has 0 saturated carbocycles. The molecule has 0 atom stereocenters. The number of anilines is 1. The fourth-order valence-corrected chi connectivity index (χ4v) is 1.44. The number of halogens is 2. The molecule has 1 heterocycles. The Hall–Kier alpha value is -0.690. The predicted molar refractivity (Wildman–Crippen MR) is 49.1 cm³/mol. The second-order valence-corrected chi connectivity index (χ2v) is 3.33. The zero-order valence-electron chi connectivity index (χ0n) is 5.58. The molecule has 0 aliphatic rings. The minimum Gasteiger partial charge on any atom is -0.465 e. The number of nitrogens with zero attached hydrogens (tertiary/aromatic N) is 2. The molecule has 0 aliphatic carbocycles. The molecule has 0 aliphatic heterocycles. The Morgan fingerprint density at radius 3 is 2.75 bits per heavy atom. The van der Waals surface area contributed by atoms with E-state index in [1.807, 2.05) is 0 Å². The molecule has 0 aromatic carbocycles. The maximum atomic E-state index is 10.2. The second-order valence-electron chi connectivity index (χ2n) is 1.76. The summed E-state index contributed by atoms with van der Waals surface area (Å²) in [7, 11) is 0. The molecule has 2 N–H and O–H groups in total. The summed E-state index contributed by atoms with van der Waals surface area (Å²) >= 11 is 6.13. The van der Waals surface area contributed by atoms with Crippen molar-refractivity contribution in [2.24, 2.45) is 0 Å². The summed E-state index contributed by atoms with van der Waals surface area (Å²) in [5.41, 5.74) is 0. The Balaban J connectivity index is 2.93. The fraction of sp³-hybridized carbons (Fsp3) is 0. The van der Waals surface area contributed by atoms with Crippen LogP contribution in [0.15, 0.2) is 15.4 Å². The highest BCUT2D eigenvalue weighted by molar-refractivity contribution is 9.11. The van der Waals surface area contributed by atoms with Gasteiger partial charge in [-0.3, -0.25) is 5.32 Å². The van der Waals surface area contributed by atoms with Crippen molar-refractivity contribution in [1.29, 1.82) is 0 Å². The first kappa shape index (κ1) is 9.40. The highest BCUT2D eigenvalue weighted by Crippen LogP contribution is 2.18. The monoisotopic (exact) mass is 295 g/mol. The summed E-state index contributed by atoms with van der Waals surface area (Å²) in [5, 5.41) is 10.4. The molecule has 5 nitrogen and oxygen atoms in total. The summed E-state index contributed by atoms with van der Waals surface area (Å²) in [6.45, 7) is 0. The molecule has 1 rings (SSSR count). The van der Waals surface area contributed by atoms with Gasteiger partial charge in [0.25, 0.3) is 0 Å². The third-order valence-electron chi connectivity index (χ3n) is 0.926. The minimum atomic E-state index is -1.17. The van der Waals surface area contributed by atoms with E-state index in [1.54, 1.807) is 0 Å². The molecule has 0 bridgehead atoms. The van der Waals surface area contributed by atoms with Crippen molar-refractivity contribution < 1.29 is 9.90 Å². The minimum absolute atomic E-state index is 0.172. The number of carbonyl (C=O) groups is 1. The predicted octanol–water partition coefficient (Wildman–Crippen LogP) is 2.09. The molecule has 0 fully saturated rings. The van der Waals surface area contributed by atoms with E-state index in [2.05, 4.69) is 47.1 Å². The van der Waals surface area contributed by atoms with E-state index < -0.39 is 6.09 Å². The SMILES string of the molecule is O=C(O)Nc1ncc(Br)nc1Br. The van der Waals surface area contributed by atoms with Crippen molar-refractivity contribution >= 4 is 43.8 Å². The summed E-state index contributed by atoms with van der Waals surface area (Å²) in [6, 6.07) is 0. The first-order valence-corrected chi connectivity index (χ1v) is 4.36. The molecule has 1 aromatic rings. The number of nitrogens with one attached hydrogen (secondary N) is 1. The third-order valence-corrected chi connectivity index (χ3v) is 1.86. The molecule has 0 spiro atoms. The van der Waals surface area contributed by atoms with Gasteiger partial charge in [-0.1, -0.05) is 0 Å². The van der Waals surface area contributed by atoms with Gasteiger partial charge in [0, 0.05) is 0 Å². The molecule has 1 aromatic heterocycles. The second kappa shape index (κ2) is 3.81. The van der Waals surface area contributed by atoms with Crippen molar-refractivity contribution in [2.75, 3.05) is 5.32 Å². The summed E-state index contributed by atoms with van der Waals surface area (Å²) in [5.74, 6) is 0.172. The molecule has 12 heavy (non-hydrogen) atoms. The van der Waals surface area contributed by atoms with Gasteiger partial charge in [0.2, 0.25) is 0 Å². The number of carboxylic acid groups (broad SMARTS) is 1. The van der Waals surface area contributed by atoms with Crippen LogP contribution in [0, 0.1) is 0 Å². The molecule has 0 radical (unpaired) electrons. The van der Waals surface area contributed by atoms with E-state index in [9.17, 15) is 4.79 Å². The van der Waals surface area contributed by atoms with Crippen LogP contribution in [0.4, 0.5) is 10.6 Å². The lowest BCUT2D eigenvalue weighted by molar-refractivity contribution is 0.209. The normalized spacial score (nSPS) is 9.50. The quantitative estimate of drug-likeness (QED) is 0.832. The van der Waals surface area contributed by atoms with Gasteiger partial charge < -0.3 is 5.11 Å². The van der Waals surface area contributed by atoms with E-state index in [4.69, 9.17) is 5.11 Å². The maximum Gasteiger partial charge on any atom is 0.410 e. The van der Waals surface area contributed by atoms with Gasteiger partial charge in [-0.05, 0) is 31.9 Å². The molecule has 1 amide bonds. The van der Waals surface area contributed by atoms with E-state index in [0.29, 0.717) is 9.21 Å². The first-order chi connectivity index (χ1) is 5.59. The van der Waals surface area contributed by atoms with Crippen molar-refractivity contribution in [3.8, 4) is 0 Å². The van der Waals surface area contributed by atoms with Crippen molar-refractivity contribution in [1.82, 2.24) is 9.97 Å². The number of hydrogen-bond donors (Lipinski definition) is 2. The van der Waals surface area contributed by atoms with E-state index >= 15 is 0 Å². The zero-order valence-corrected chi connectivity index (χ0v) is 8.76. The highest BCUT2D eigenvalue weighted by atomic mass is 79.9. The van der Waals surface area contributed by atoms with Crippen LogP contribution in [-0.2, 0) is 0 Å². The molecular formula is C5H3Br2N3O2. The molecule has 64 valence electrons. The van der Waals surface area contributed by atoms with Gasteiger partial charge >= 0.3 is 6.09 Å². The number of hydrogen-bond acceptors (Lipinski definition) is 3. The molecule has 0 saturated heterocycles.